The van der Waals surface area contributed by atoms with E-state index < -0.39 is 0 Å². The van der Waals surface area contributed by atoms with Crippen LogP contribution in [0.5, 0.6) is 11.5 Å². The Labute approximate surface area is 189 Å². The van der Waals surface area contributed by atoms with Crippen LogP contribution in [-0.4, -0.2) is 51.8 Å². The predicted molar refractivity (Wildman–Crippen MR) is 123 cm³/mol. The number of nitrogens with zero attached hydrogens (tertiary/aromatic N) is 2. The largest absolute Gasteiger partial charge is 0.493 e. The third kappa shape index (κ3) is 6.27. The van der Waals surface area contributed by atoms with Crippen LogP contribution in [0.2, 0.25) is 0 Å². The quantitative estimate of drug-likeness (QED) is 0.252. The zero-order chi connectivity index (χ0) is 19.8. The van der Waals surface area contributed by atoms with E-state index in [0.717, 1.165) is 55.7 Å². The summed E-state index contributed by atoms with van der Waals surface area (Å²) < 4.78 is 21.7. The molecule has 8 heteroatoms. The topological polar surface area (TPSA) is 68.5 Å². The van der Waals surface area contributed by atoms with Gasteiger partial charge in [0, 0.05) is 33.3 Å². The number of halogens is 1. The summed E-state index contributed by atoms with van der Waals surface area (Å²) >= 11 is 0. The van der Waals surface area contributed by atoms with E-state index in [4.69, 9.17) is 18.6 Å². The highest BCUT2D eigenvalue weighted by atomic mass is 127. The summed E-state index contributed by atoms with van der Waals surface area (Å²) in [5.74, 6) is 3.31. The molecule has 1 aliphatic rings. The Morgan fingerprint density at radius 3 is 2.62 bits per heavy atom. The van der Waals surface area contributed by atoms with Gasteiger partial charge in [0.05, 0.1) is 20.5 Å². The fourth-order valence-corrected chi connectivity index (χ4v) is 3.34. The Hall–Kier alpha value is -1.94. The number of hydrogen-bond acceptors (Lipinski definition) is 5. The van der Waals surface area contributed by atoms with Gasteiger partial charge in [-0.2, -0.15) is 0 Å². The average molecular weight is 515 g/mol. The van der Waals surface area contributed by atoms with Crippen LogP contribution in [0.15, 0.2) is 39.9 Å². The van der Waals surface area contributed by atoms with Crippen LogP contribution in [0.25, 0.3) is 0 Å². The van der Waals surface area contributed by atoms with Crippen molar-refractivity contribution in [1.82, 2.24) is 10.2 Å². The van der Waals surface area contributed by atoms with Crippen molar-refractivity contribution in [1.29, 1.82) is 0 Å². The van der Waals surface area contributed by atoms with Crippen LogP contribution in [0.3, 0.4) is 0 Å². The van der Waals surface area contributed by atoms with Gasteiger partial charge in [-0.05, 0) is 48.2 Å². The molecular formula is C21H30IN3O4. The molecule has 1 aliphatic heterocycles. The van der Waals surface area contributed by atoms with Crippen LogP contribution in [-0.2, 0) is 24.3 Å². The molecule has 0 fully saturated rings. The highest BCUT2D eigenvalue weighted by Gasteiger charge is 2.21. The number of hydrogen-bond donors (Lipinski definition) is 1. The first-order valence-electron chi connectivity index (χ1n) is 9.54. The smallest absolute Gasteiger partial charge is 0.193 e. The molecule has 2 heterocycles. The van der Waals surface area contributed by atoms with Gasteiger partial charge in [0.25, 0.3) is 0 Å². The van der Waals surface area contributed by atoms with Crippen molar-refractivity contribution in [3.63, 3.8) is 0 Å². The summed E-state index contributed by atoms with van der Waals surface area (Å²) in [5.41, 5.74) is 2.55. The first-order chi connectivity index (χ1) is 13.7. The molecule has 1 N–H and O–H groups in total. The minimum absolute atomic E-state index is 0. The van der Waals surface area contributed by atoms with Gasteiger partial charge in [-0.15, -0.1) is 24.0 Å². The van der Waals surface area contributed by atoms with Gasteiger partial charge >= 0.3 is 0 Å². The maximum Gasteiger partial charge on any atom is 0.193 e. The molecule has 0 atom stereocenters. The van der Waals surface area contributed by atoms with Crippen LogP contribution in [0.1, 0.15) is 23.3 Å². The third-order valence-corrected chi connectivity index (χ3v) is 4.80. The molecule has 0 unspecified atom stereocenters. The lowest BCUT2D eigenvalue weighted by Crippen LogP contribution is -2.44. The van der Waals surface area contributed by atoms with Crippen molar-refractivity contribution in [2.45, 2.75) is 26.0 Å². The van der Waals surface area contributed by atoms with Gasteiger partial charge in [-0.25, -0.2) is 0 Å². The zero-order valence-corrected chi connectivity index (χ0v) is 19.6. The Bertz CT molecular complexity index is 780. The Balaban J connectivity index is 0.00000300. The van der Waals surface area contributed by atoms with Crippen molar-refractivity contribution < 1.29 is 18.6 Å². The molecule has 0 saturated heterocycles. The van der Waals surface area contributed by atoms with E-state index in [2.05, 4.69) is 27.3 Å². The lowest BCUT2D eigenvalue weighted by Gasteiger charge is -2.32. The number of ether oxygens (including phenoxy) is 3. The fourth-order valence-electron chi connectivity index (χ4n) is 3.34. The molecular weight excluding hydrogens is 485 g/mol. The Morgan fingerprint density at radius 1 is 1.21 bits per heavy atom. The van der Waals surface area contributed by atoms with Crippen LogP contribution >= 0.6 is 24.0 Å². The molecule has 0 saturated carbocycles. The molecule has 0 aliphatic carbocycles. The van der Waals surface area contributed by atoms with E-state index in [9.17, 15) is 0 Å². The number of fused-ring (bicyclic) bond motifs is 1. The minimum Gasteiger partial charge on any atom is -0.493 e. The Kier molecular flexibility index (Phi) is 9.59. The number of guanidine groups is 1. The van der Waals surface area contributed by atoms with Gasteiger partial charge in [0.15, 0.2) is 17.5 Å². The van der Waals surface area contributed by atoms with Gasteiger partial charge in [0.1, 0.15) is 12.4 Å². The highest BCUT2D eigenvalue weighted by molar-refractivity contribution is 14.0. The summed E-state index contributed by atoms with van der Waals surface area (Å²) in [6, 6.07) is 7.93. The van der Waals surface area contributed by atoms with Crippen molar-refractivity contribution >= 4 is 29.9 Å². The molecule has 2 aromatic rings. The first kappa shape index (κ1) is 23.3. The van der Waals surface area contributed by atoms with Crippen LogP contribution in [0, 0.1) is 0 Å². The van der Waals surface area contributed by atoms with E-state index >= 15 is 0 Å². The third-order valence-electron chi connectivity index (χ3n) is 4.80. The molecule has 0 amide bonds. The number of benzene rings is 1. The molecule has 0 bridgehead atoms. The zero-order valence-electron chi connectivity index (χ0n) is 17.3. The van der Waals surface area contributed by atoms with E-state index in [1.807, 2.05) is 19.2 Å². The predicted octanol–water partition coefficient (Wildman–Crippen LogP) is 3.46. The molecule has 1 aromatic carbocycles. The van der Waals surface area contributed by atoms with Gasteiger partial charge in [-0.3, -0.25) is 4.99 Å². The number of aliphatic imine (C=N–C) groups is 1. The second kappa shape index (κ2) is 11.9. The molecule has 0 spiro atoms. The van der Waals surface area contributed by atoms with Gasteiger partial charge in [-0.1, -0.05) is 0 Å². The standard InChI is InChI=1S/C21H29N3O4.HI/c1-22-21(23-8-5-10-27-15-18-6-4-11-28-18)24-9-7-16-12-19(25-2)20(26-3)13-17(16)14-24;/h4,6,11-13H,5,7-10,14-15H2,1-3H3,(H,22,23);1H. The van der Waals surface area contributed by atoms with Crippen molar-refractivity contribution in [2.75, 3.05) is 41.0 Å². The minimum atomic E-state index is 0. The number of furan rings is 1. The van der Waals surface area contributed by atoms with Crippen molar-refractivity contribution in [2.24, 2.45) is 4.99 Å². The van der Waals surface area contributed by atoms with Crippen LogP contribution in [0.4, 0.5) is 0 Å². The molecule has 7 nitrogen and oxygen atoms in total. The van der Waals surface area contributed by atoms with E-state index in [0.29, 0.717) is 13.2 Å². The molecule has 160 valence electrons. The summed E-state index contributed by atoms with van der Waals surface area (Å²) in [6.07, 6.45) is 3.50. The summed E-state index contributed by atoms with van der Waals surface area (Å²) in [7, 11) is 5.16. The van der Waals surface area contributed by atoms with Crippen molar-refractivity contribution in [3.05, 3.63) is 47.4 Å². The fraction of sp³-hybridized carbons (Fsp3) is 0.476. The van der Waals surface area contributed by atoms with E-state index in [-0.39, 0.29) is 24.0 Å². The maximum atomic E-state index is 5.62. The lowest BCUT2D eigenvalue weighted by atomic mass is 9.99. The number of nitrogens with one attached hydrogen (secondary N) is 1. The Morgan fingerprint density at radius 2 is 1.97 bits per heavy atom. The van der Waals surface area contributed by atoms with Gasteiger partial charge in [0.2, 0.25) is 0 Å². The number of methoxy groups -OCH3 is 2. The molecule has 1 aromatic heterocycles. The monoisotopic (exact) mass is 515 g/mol. The van der Waals surface area contributed by atoms with Crippen molar-refractivity contribution in [3.8, 4) is 11.5 Å². The second-order valence-electron chi connectivity index (χ2n) is 6.61. The maximum absolute atomic E-state index is 5.62. The molecule has 0 radical (unpaired) electrons. The summed E-state index contributed by atoms with van der Waals surface area (Å²) in [6.45, 7) is 3.70. The summed E-state index contributed by atoms with van der Waals surface area (Å²) in [5, 5.41) is 3.43. The second-order valence-corrected chi connectivity index (χ2v) is 6.61. The van der Waals surface area contributed by atoms with Gasteiger partial charge < -0.3 is 28.8 Å². The number of rotatable bonds is 8. The molecule has 29 heavy (non-hydrogen) atoms. The summed E-state index contributed by atoms with van der Waals surface area (Å²) in [4.78, 5) is 6.70. The van der Waals surface area contributed by atoms with E-state index in [1.54, 1.807) is 20.5 Å². The normalized spacial score (nSPS) is 13.5. The first-order valence-corrected chi connectivity index (χ1v) is 9.54. The van der Waals surface area contributed by atoms with Crippen LogP contribution < -0.4 is 14.8 Å². The van der Waals surface area contributed by atoms with E-state index in [1.165, 1.54) is 11.1 Å². The average Bonchev–Trinajstić information content (AvgIpc) is 3.25. The molecule has 3 rings (SSSR count). The highest BCUT2D eigenvalue weighted by Crippen LogP contribution is 2.33. The lowest BCUT2D eigenvalue weighted by molar-refractivity contribution is 0.104. The SMILES string of the molecule is CN=C(NCCCOCc1ccco1)N1CCc2cc(OC)c(OC)cc2C1.I.